The lowest BCUT2D eigenvalue weighted by atomic mass is 10.2. The normalized spacial score (nSPS) is 14.4. The van der Waals surface area contributed by atoms with Crippen LogP contribution in [0.1, 0.15) is 34.2 Å². The van der Waals surface area contributed by atoms with Gasteiger partial charge in [0.05, 0.1) is 19.3 Å². The second-order valence-electron chi connectivity index (χ2n) is 9.37. The summed E-state index contributed by atoms with van der Waals surface area (Å²) in [5.74, 6) is -0.728. The summed E-state index contributed by atoms with van der Waals surface area (Å²) in [4.78, 5) is 43.6. The third-order valence-corrected chi connectivity index (χ3v) is 6.24. The third kappa shape index (κ3) is 7.44. The first kappa shape index (κ1) is 30.1. The molecule has 1 aromatic carbocycles. The molecule has 1 saturated heterocycles. The Morgan fingerprint density at radius 3 is 2.55 bits per heavy atom. The molecule has 1 aliphatic heterocycles. The van der Waals surface area contributed by atoms with Gasteiger partial charge >= 0.3 is 0 Å². The molecule has 0 radical (unpaired) electrons. The van der Waals surface area contributed by atoms with E-state index >= 15 is 0 Å². The highest BCUT2D eigenvalue weighted by atomic mass is 19.3. The van der Waals surface area contributed by atoms with Crippen molar-refractivity contribution in [2.24, 2.45) is 7.05 Å². The van der Waals surface area contributed by atoms with Crippen LogP contribution < -0.4 is 25.7 Å². The number of amides is 2. The number of aryl methyl sites for hydroxylation is 1. The van der Waals surface area contributed by atoms with E-state index in [1.807, 2.05) is 4.90 Å². The molecule has 4 heterocycles. The van der Waals surface area contributed by atoms with Gasteiger partial charge in [-0.15, -0.1) is 5.10 Å². The molecule has 5 rings (SSSR count). The van der Waals surface area contributed by atoms with E-state index in [0.717, 1.165) is 0 Å². The number of benzene rings is 1. The quantitative estimate of drug-likeness (QED) is 0.326. The number of imidazole rings is 1. The van der Waals surface area contributed by atoms with Crippen molar-refractivity contribution in [1.82, 2.24) is 29.8 Å². The van der Waals surface area contributed by atoms with Gasteiger partial charge in [-0.25, -0.2) is 22.7 Å². The molecule has 1 atom stereocenters. The number of fused-ring (bicyclic) bond motifs is 1. The highest BCUT2D eigenvalue weighted by Gasteiger charge is 2.27. The molecule has 2 N–H and O–H groups in total. The van der Waals surface area contributed by atoms with Crippen LogP contribution in [0, 0.1) is 5.82 Å². The largest absolute Gasteiger partial charge is 0.488 e. The van der Waals surface area contributed by atoms with Crippen molar-refractivity contribution in [2.75, 3.05) is 31.1 Å². The minimum Gasteiger partial charge on any atom is -0.488 e. The molecule has 1 fully saturated rings. The zero-order valence-electron chi connectivity index (χ0n) is 23.0. The molecular formula is C28H30F3N7O4. The number of alkyl halides is 2. The van der Waals surface area contributed by atoms with E-state index in [-0.39, 0.29) is 28.9 Å². The summed E-state index contributed by atoms with van der Waals surface area (Å²) in [7, 11) is 1.70. The summed E-state index contributed by atoms with van der Waals surface area (Å²) < 4.78 is 45.0. The van der Waals surface area contributed by atoms with Crippen molar-refractivity contribution in [2.45, 2.75) is 25.8 Å². The second-order valence-corrected chi connectivity index (χ2v) is 9.37. The Hall–Kier alpha value is -4.88. The van der Waals surface area contributed by atoms with Crippen molar-refractivity contribution in [3.05, 3.63) is 88.4 Å². The van der Waals surface area contributed by atoms with Gasteiger partial charge in [0.25, 0.3) is 18.2 Å². The fourth-order valence-corrected chi connectivity index (χ4v) is 4.31. The molecule has 11 nitrogen and oxygen atoms in total. The summed E-state index contributed by atoms with van der Waals surface area (Å²) in [6.45, 7) is 2.30. The number of nitrogens with zero attached hydrogens (tertiary/aromatic N) is 5. The highest BCUT2D eigenvalue weighted by molar-refractivity contribution is 5.94. The van der Waals surface area contributed by atoms with E-state index < -0.39 is 30.2 Å². The van der Waals surface area contributed by atoms with E-state index in [4.69, 9.17) is 4.74 Å². The summed E-state index contributed by atoms with van der Waals surface area (Å²) in [6.07, 6.45) is 2.21. The molecule has 222 valence electrons. The van der Waals surface area contributed by atoms with Crippen LogP contribution in [0.4, 0.5) is 19.0 Å². The van der Waals surface area contributed by atoms with E-state index in [1.165, 1.54) is 35.2 Å². The Balaban J connectivity index is 0.000000507. The fraction of sp³-hybridized carbons (Fsp3) is 0.321. The molecule has 0 aliphatic carbocycles. The molecule has 42 heavy (non-hydrogen) atoms. The maximum atomic E-state index is 12.8. The average molecular weight is 586 g/mol. The first-order valence-electron chi connectivity index (χ1n) is 13.2. The lowest BCUT2D eigenvalue weighted by molar-refractivity contribution is 0.0884. The number of ether oxygens (including phenoxy) is 1. The Morgan fingerprint density at radius 1 is 1.12 bits per heavy atom. The first-order chi connectivity index (χ1) is 20.2. The van der Waals surface area contributed by atoms with Crippen molar-refractivity contribution >= 4 is 23.3 Å². The molecule has 0 spiro atoms. The summed E-state index contributed by atoms with van der Waals surface area (Å²) in [5, 5.41) is 9.48. The SMILES string of the molecule is CCOc1cn(C)cc(C(=O)N[C@H]2CCN(c3ccc4ncc(C(=O)NCC(F)F)n4n3)C2)c1=O.Fc1ccccc1. The van der Waals surface area contributed by atoms with Gasteiger partial charge in [0.15, 0.2) is 17.1 Å². The van der Waals surface area contributed by atoms with Crippen molar-refractivity contribution in [3.8, 4) is 5.75 Å². The molecule has 14 heteroatoms. The zero-order chi connectivity index (χ0) is 30.2. The van der Waals surface area contributed by atoms with Crippen LogP contribution in [0.25, 0.3) is 5.65 Å². The van der Waals surface area contributed by atoms with Crippen LogP contribution in [-0.2, 0) is 7.05 Å². The monoisotopic (exact) mass is 585 g/mol. The van der Waals surface area contributed by atoms with E-state index in [9.17, 15) is 27.6 Å². The standard InChI is InChI=1S/C22H25F2N7O4.C6H5F/c1-3-35-16-12-29(2)11-14(20(16)32)21(33)27-13-6-7-30(10-13)19-5-4-18-25-8-15(31(18)28-19)22(34)26-9-17(23)24;7-6-4-2-1-3-5-6/h4-5,8,11-13,17H,3,6-7,9-10H2,1-2H3,(H,26,34)(H,27,33);1-5H/t13-;/m0./s1. The number of carbonyl (C=O) groups is 2. The number of rotatable bonds is 8. The van der Waals surface area contributed by atoms with Gasteiger partial charge in [-0.05, 0) is 37.6 Å². The lowest BCUT2D eigenvalue weighted by Crippen LogP contribution is -2.39. The zero-order valence-corrected chi connectivity index (χ0v) is 23.0. The van der Waals surface area contributed by atoms with Crippen LogP contribution in [-0.4, -0.2) is 69.7 Å². The molecule has 3 aromatic heterocycles. The highest BCUT2D eigenvalue weighted by Crippen LogP contribution is 2.19. The molecule has 2 amide bonds. The number of halogens is 3. The van der Waals surface area contributed by atoms with Gasteiger partial charge in [0, 0.05) is 38.6 Å². The smallest absolute Gasteiger partial charge is 0.271 e. The molecular weight excluding hydrogens is 555 g/mol. The predicted molar refractivity (Wildman–Crippen MR) is 149 cm³/mol. The van der Waals surface area contributed by atoms with Crippen molar-refractivity contribution in [1.29, 1.82) is 0 Å². The molecule has 4 aromatic rings. The Labute approximate surface area is 238 Å². The van der Waals surface area contributed by atoms with Crippen LogP contribution >= 0.6 is 0 Å². The van der Waals surface area contributed by atoms with Crippen molar-refractivity contribution < 1.29 is 27.5 Å². The molecule has 0 bridgehead atoms. The maximum Gasteiger partial charge on any atom is 0.271 e. The van der Waals surface area contributed by atoms with Gasteiger partial charge in [-0.1, -0.05) is 18.2 Å². The van der Waals surface area contributed by atoms with E-state index in [2.05, 4.69) is 20.7 Å². The lowest BCUT2D eigenvalue weighted by Gasteiger charge is -2.18. The number of aromatic nitrogens is 4. The van der Waals surface area contributed by atoms with Gasteiger partial charge in [-0.3, -0.25) is 14.4 Å². The minimum absolute atomic E-state index is 0.00527. The Morgan fingerprint density at radius 2 is 1.88 bits per heavy atom. The number of carbonyl (C=O) groups excluding carboxylic acids is 2. The van der Waals surface area contributed by atoms with Crippen LogP contribution in [0.3, 0.4) is 0 Å². The number of hydrogen-bond donors (Lipinski definition) is 2. The molecule has 0 unspecified atom stereocenters. The van der Waals surface area contributed by atoms with Gasteiger partial charge in [-0.2, -0.15) is 0 Å². The summed E-state index contributed by atoms with van der Waals surface area (Å²) in [5.41, 5.74) is -0.0434. The number of hydrogen-bond acceptors (Lipinski definition) is 7. The van der Waals surface area contributed by atoms with Crippen LogP contribution in [0.2, 0.25) is 0 Å². The molecule has 0 saturated carbocycles. The van der Waals surface area contributed by atoms with E-state index in [1.54, 1.807) is 48.9 Å². The summed E-state index contributed by atoms with van der Waals surface area (Å²) >= 11 is 0. The van der Waals surface area contributed by atoms with Crippen LogP contribution in [0.5, 0.6) is 5.75 Å². The molecule has 1 aliphatic rings. The number of pyridine rings is 1. The maximum absolute atomic E-state index is 12.8. The first-order valence-corrected chi connectivity index (χ1v) is 13.2. The van der Waals surface area contributed by atoms with Gasteiger partial charge in [0.2, 0.25) is 5.43 Å². The van der Waals surface area contributed by atoms with E-state index in [0.29, 0.717) is 37.6 Å². The van der Waals surface area contributed by atoms with Gasteiger partial charge in [0.1, 0.15) is 17.2 Å². The summed E-state index contributed by atoms with van der Waals surface area (Å²) in [6, 6.07) is 11.1. The Bertz CT molecular complexity index is 1590. The number of anilines is 1. The number of nitrogens with one attached hydrogen (secondary N) is 2. The Kier molecular flexibility index (Phi) is 9.78. The van der Waals surface area contributed by atoms with Crippen molar-refractivity contribution in [3.63, 3.8) is 0 Å². The van der Waals surface area contributed by atoms with Gasteiger partial charge < -0.3 is 24.8 Å². The topological polar surface area (TPSA) is 123 Å². The van der Waals surface area contributed by atoms with Crippen LogP contribution in [0.15, 0.2) is 65.8 Å². The predicted octanol–water partition coefficient (Wildman–Crippen LogP) is 2.66. The minimum atomic E-state index is -2.67. The average Bonchev–Trinajstić information content (AvgIpc) is 3.61. The second kappa shape index (κ2) is 13.7. The third-order valence-electron chi connectivity index (χ3n) is 6.24. The fourth-order valence-electron chi connectivity index (χ4n) is 4.31.